The summed E-state index contributed by atoms with van der Waals surface area (Å²) in [5.74, 6) is 1.60. The van der Waals surface area contributed by atoms with E-state index in [1.165, 1.54) is 22.4 Å². The fourth-order valence-corrected chi connectivity index (χ4v) is 7.55. The van der Waals surface area contributed by atoms with E-state index in [9.17, 15) is 9.90 Å². The van der Waals surface area contributed by atoms with Crippen LogP contribution in [0, 0.1) is 17.3 Å². The molecule has 0 heterocycles. The molecule has 1 aromatic rings. The van der Waals surface area contributed by atoms with Crippen LogP contribution >= 0.6 is 0 Å². The Balaban J connectivity index is 1.66. The van der Waals surface area contributed by atoms with Crippen molar-refractivity contribution in [3.8, 4) is 0 Å². The lowest BCUT2D eigenvalue weighted by molar-refractivity contribution is -0.114. The van der Waals surface area contributed by atoms with Crippen molar-refractivity contribution in [2.24, 2.45) is 17.3 Å². The number of rotatable bonds is 3. The van der Waals surface area contributed by atoms with Crippen molar-refractivity contribution < 1.29 is 9.90 Å². The molecule has 32 heavy (non-hydrogen) atoms. The standard InChI is InChI=1S/C29H37NO2/c1-5-15-29(32)16-14-26-24-12-8-20-17-22(31)11-13-23(20)27(24)25(18-28(26,29)2)19-6-9-21(10-7-19)30(3)4/h5-7,9-10,15,17,24-26,32H,8,11-14,16,18H2,1-4H3/b15-5+/t24-,25-,26-,28+,29+/m1/s1. The molecular weight excluding hydrogens is 394 g/mol. The number of carbonyl (C=O) groups excluding carboxylic acids is 1. The third-order valence-electron chi connectivity index (χ3n) is 9.20. The van der Waals surface area contributed by atoms with Gasteiger partial charge in [0, 0.05) is 37.5 Å². The summed E-state index contributed by atoms with van der Waals surface area (Å²) in [4.78, 5) is 14.3. The minimum absolute atomic E-state index is 0.134. The molecule has 0 saturated heterocycles. The van der Waals surface area contributed by atoms with Gasteiger partial charge in [0.05, 0.1) is 5.60 Å². The average Bonchev–Trinajstić information content (AvgIpc) is 3.03. The second-order valence-electron chi connectivity index (χ2n) is 10.9. The number of allylic oxidation sites excluding steroid dienone is 5. The number of aliphatic hydroxyl groups is 1. The van der Waals surface area contributed by atoms with E-state index in [1.807, 2.05) is 19.1 Å². The fourth-order valence-electron chi connectivity index (χ4n) is 7.55. The van der Waals surface area contributed by atoms with Crippen LogP contribution in [0.5, 0.6) is 0 Å². The normalized spacial score (nSPS) is 36.6. The fraction of sp³-hybridized carbons (Fsp3) is 0.552. The van der Waals surface area contributed by atoms with E-state index in [-0.39, 0.29) is 5.41 Å². The molecule has 2 fully saturated rings. The zero-order valence-corrected chi connectivity index (χ0v) is 20.0. The molecule has 0 radical (unpaired) electrons. The Morgan fingerprint density at radius 1 is 1.09 bits per heavy atom. The van der Waals surface area contributed by atoms with Gasteiger partial charge in [-0.25, -0.2) is 0 Å². The first-order chi connectivity index (χ1) is 15.3. The lowest BCUT2D eigenvalue weighted by Crippen LogP contribution is -2.50. The van der Waals surface area contributed by atoms with E-state index in [4.69, 9.17) is 0 Å². The highest BCUT2D eigenvalue weighted by atomic mass is 16.3. The molecule has 5 atom stereocenters. The number of carbonyl (C=O) groups is 1. The van der Waals surface area contributed by atoms with E-state index in [2.05, 4.69) is 56.3 Å². The summed E-state index contributed by atoms with van der Waals surface area (Å²) < 4.78 is 0. The van der Waals surface area contributed by atoms with Crippen molar-refractivity contribution in [2.45, 2.75) is 70.3 Å². The van der Waals surface area contributed by atoms with Gasteiger partial charge in [-0.3, -0.25) is 4.79 Å². The quantitative estimate of drug-likeness (QED) is 0.600. The van der Waals surface area contributed by atoms with Gasteiger partial charge in [-0.2, -0.15) is 0 Å². The smallest absolute Gasteiger partial charge is 0.156 e. The molecule has 0 spiro atoms. The molecule has 3 nitrogen and oxygen atoms in total. The molecule has 0 aromatic heterocycles. The number of nitrogens with zero attached hydrogens (tertiary/aromatic N) is 1. The molecule has 170 valence electrons. The summed E-state index contributed by atoms with van der Waals surface area (Å²) in [5.41, 5.74) is 6.07. The van der Waals surface area contributed by atoms with E-state index < -0.39 is 5.60 Å². The molecule has 2 saturated carbocycles. The zero-order valence-electron chi connectivity index (χ0n) is 20.0. The third kappa shape index (κ3) is 3.15. The van der Waals surface area contributed by atoms with Crippen molar-refractivity contribution >= 4 is 11.5 Å². The number of hydrogen-bond acceptors (Lipinski definition) is 3. The Bertz CT molecular complexity index is 1010. The van der Waals surface area contributed by atoms with Gasteiger partial charge >= 0.3 is 0 Å². The van der Waals surface area contributed by atoms with Crippen LogP contribution in [0.4, 0.5) is 5.69 Å². The van der Waals surface area contributed by atoms with Gasteiger partial charge in [0.15, 0.2) is 5.78 Å². The Labute approximate surface area is 192 Å². The number of hydrogen-bond donors (Lipinski definition) is 1. The maximum atomic E-state index is 12.2. The Hall–Kier alpha value is -2.13. The van der Waals surface area contributed by atoms with Crippen molar-refractivity contribution in [2.75, 3.05) is 19.0 Å². The summed E-state index contributed by atoms with van der Waals surface area (Å²) in [6, 6.07) is 9.04. The summed E-state index contributed by atoms with van der Waals surface area (Å²) in [6.07, 6.45) is 12.6. The van der Waals surface area contributed by atoms with E-state index in [1.54, 1.807) is 5.57 Å². The van der Waals surface area contributed by atoms with Gasteiger partial charge in [-0.05, 0) is 92.2 Å². The highest BCUT2D eigenvalue weighted by Gasteiger charge is 2.61. The number of anilines is 1. The summed E-state index contributed by atoms with van der Waals surface area (Å²) in [6.45, 7) is 4.38. The van der Waals surface area contributed by atoms with E-state index >= 15 is 0 Å². The first-order valence-electron chi connectivity index (χ1n) is 12.4. The highest BCUT2D eigenvalue weighted by molar-refractivity contribution is 5.93. The van der Waals surface area contributed by atoms with Gasteiger partial charge in [0.2, 0.25) is 0 Å². The lowest BCUT2D eigenvalue weighted by Gasteiger charge is -2.54. The predicted octanol–water partition coefficient (Wildman–Crippen LogP) is 5.96. The molecular formula is C29H37NO2. The summed E-state index contributed by atoms with van der Waals surface area (Å²) in [7, 11) is 4.16. The molecule has 4 aliphatic carbocycles. The molecule has 0 bridgehead atoms. The third-order valence-corrected chi connectivity index (χ3v) is 9.20. The first-order valence-corrected chi connectivity index (χ1v) is 12.4. The summed E-state index contributed by atoms with van der Waals surface area (Å²) >= 11 is 0. The van der Waals surface area contributed by atoms with Crippen LogP contribution in [0.3, 0.4) is 0 Å². The molecule has 0 amide bonds. The van der Waals surface area contributed by atoms with Crippen LogP contribution in [0.1, 0.15) is 70.3 Å². The second-order valence-corrected chi connectivity index (χ2v) is 10.9. The molecule has 5 rings (SSSR count). The number of ketones is 1. The Kier molecular flexibility index (Phi) is 5.24. The molecule has 3 heteroatoms. The van der Waals surface area contributed by atoms with Crippen LogP contribution in [-0.4, -0.2) is 30.6 Å². The van der Waals surface area contributed by atoms with Crippen LogP contribution in [-0.2, 0) is 4.79 Å². The largest absolute Gasteiger partial charge is 0.385 e. The topological polar surface area (TPSA) is 40.5 Å². The minimum atomic E-state index is -0.733. The Morgan fingerprint density at radius 3 is 2.53 bits per heavy atom. The Morgan fingerprint density at radius 2 is 1.84 bits per heavy atom. The number of fused-ring (bicyclic) bond motifs is 4. The number of benzene rings is 1. The first kappa shape index (κ1) is 21.7. The van der Waals surface area contributed by atoms with Crippen molar-refractivity contribution in [3.05, 3.63) is 64.8 Å². The monoisotopic (exact) mass is 431 g/mol. The van der Waals surface area contributed by atoms with Crippen molar-refractivity contribution in [1.82, 2.24) is 0 Å². The van der Waals surface area contributed by atoms with Crippen LogP contribution in [0.25, 0.3) is 0 Å². The zero-order chi connectivity index (χ0) is 22.7. The SMILES string of the molecule is C/C=C/[C@]1(O)CC[C@@H]2[C@H]3CCC4=CC(=O)CCC4=C3[C@@H](c3ccc(N(C)C)cc3)C[C@@]21C. The molecule has 0 unspecified atom stereocenters. The van der Waals surface area contributed by atoms with E-state index in [0.717, 1.165) is 38.5 Å². The molecule has 1 aromatic carbocycles. The van der Waals surface area contributed by atoms with Crippen LogP contribution < -0.4 is 4.90 Å². The molecule has 0 aliphatic heterocycles. The maximum Gasteiger partial charge on any atom is 0.156 e. The van der Waals surface area contributed by atoms with Crippen molar-refractivity contribution in [1.29, 1.82) is 0 Å². The average molecular weight is 432 g/mol. The maximum absolute atomic E-state index is 12.2. The van der Waals surface area contributed by atoms with Gasteiger partial charge in [0.1, 0.15) is 0 Å². The molecule has 4 aliphatic rings. The van der Waals surface area contributed by atoms with Gasteiger partial charge in [0.25, 0.3) is 0 Å². The van der Waals surface area contributed by atoms with Gasteiger partial charge in [-0.1, -0.05) is 36.8 Å². The van der Waals surface area contributed by atoms with Crippen molar-refractivity contribution in [3.63, 3.8) is 0 Å². The van der Waals surface area contributed by atoms with E-state index in [0.29, 0.717) is 30.0 Å². The van der Waals surface area contributed by atoms with Crippen LogP contribution in [0.15, 0.2) is 59.2 Å². The van der Waals surface area contributed by atoms with Crippen LogP contribution in [0.2, 0.25) is 0 Å². The highest BCUT2D eigenvalue weighted by Crippen LogP contribution is 2.67. The lowest BCUT2D eigenvalue weighted by atomic mass is 9.51. The summed E-state index contributed by atoms with van der Waals surface area (Å²) in [5, 5.41) is 11.8. The molecule has 1 N–H and O–H groups in total. The minimum Gasteiger partial charge on any atom is -0.385 e. The van der Waals surface area contributed by atoms with Gasteiger partial charge in [-0.15, -0.1) is 0 Å². The second kappa shape index (κ2) is 7.73. The predicted molar refractivity (Wildman–Crippen MR) is 131 cm³/mol. The van der Waals surface area contributed by atoms with Gasteiger partial charge < -0.3 is 10.0 Å².